The number of thioether (sulfide) groups is 1. The predicted octanol–water partition coefficient (Wildman–Crippen LogP) is 4.00. The van der Waals surface area contributed by atoms with Gasteiger partial charge in [0.2, 0.25) is 0 Å². The molecule has 1 aromatic carbocycles. The zero-order valence-corrected chi connectivity index (χ0v) is 13.9. The zero-order valence-electron chi connectivity index (χ0n) is 11.5. The Balaban J connectivity index is 0.00000220. The Labute approximate surface area is 140 Å². The third-order valence-corrected chi connectivity index (χ3v) is 3.95. The van der Waals surface area contributed by atoms with Crippen LogP contribution in [0.1, 0.15) is 5.56 Å². The minimum absolute atomic E-state index is 0. The van der Waals surface area contributed by atoms with E-state index in [9.17, 15) is 5.11 Å². The van der Waals surface area contributed by atoms with Crippen LogP contribution in [0.25, 0.3) is 0 Å². The fourth-order valence-electron chi connectivity index (χ4n) is 1.62. The molecule has 2 rings (SSSR count). The number of benzene rings is 1. The van der Waals surface area contributed by atoms with E-state index in [4.69, 9.17) is 16.3 Å². The molecule has 21 heavy (non-hydrogen) atoms. The summed E-state index contributed by atoms with van der Waals surface area (Å²) in [6.45, 7) is 2.18. The minimum Gasteiger partial charge on any atom is -0.491 e. The maximum Gasteiger partial charge on any atom is 0.122 e. The highest BCUT2D eigenvalue weighted by atomic mass is 35.5. The van der Waals surface area contributed by atoms with Crippen molar-refractivity contribution < 1.29 is 9.84 Å². The summed E-state index contributed by atoms with van der Waals surface area (Å²) < 4.78 is 5.60. The van der Waals surface area contributed by atoms with Crippen LogP contribution in [0, 0.1) is 6.92 Å². The van der Waals surface area contributed by atoms with Crippen LogP contribution in [-0.4, -0.2) is 28.6 Å². The van der Waals surface area contributed by atoms with Crippen LogP contribution in [0.2, 0.25) is 5.02 Å². The van der Waals surface area contributed by atoms with Crippen molar-refractivity contribution in [3.05, 3.63) is 53.2 Å². The second-order valence-electron chi connectivity index (χ2n) is 4.35. The Kier molecular flexibility index (Phi) is 7.89. The van der Waals surface area contributed by atoms with Crippen molar-refractivity contribution in [2.75, 3.05) is 12.4 Å². The highest BCUT2D eigenvalue weighted by Crippen LogP contribution is 2.22. The number of aryl methyl sites for hydroxylation is 1. The van der Waals surface area contributed by atoms with Crippen molar-refractivity contribution in [1.82, 2.24) is 4.98 Å². The maximum atomic E-state index is 9.92. The number of rotatable bonds is 6. The third kappa shape index (κ3) is 6.14. The number of hydrogen-bond donors (Lipinski definition) is 1. The molecule has 0 saturated carbocycles. The molecule has 1 aromatic heterocycles. The summed E-state index contributed by atoms with van der Waals surface area (Å²) in [4.78, 5) is 4.19. The standard InChI is InChI=1S/C15H16ClNO2S.ClH/c1-11-8-12(16)5-6-14(11)19-9-13(18)10-20-15-4-2-3-7-17-15;/h2-8,13,18H,9-10H2,1H3;1H. The summed E-state index contributed by atoms with van der Waals surface area (Å²) in [5, 5.41) is 11.5. The van der Waals surface area contributed by atoms with Crippen molar-refractivity contribution in [3.8, 4) is 5.75 Å². The van der Waals surface area contributed by atoms with Crippen LogP contribution in [-0.2, 0) is 0 Å². The number of aliphatic hydroxyl groups is 1. The van der Waals surface area contributed by atoms with Crippen LogP contribution < -0.4 is 4.74 Å². The molecule has 1 N–H and O–H groups in total. The number of nitrogens with zero attached hydrogens (tertiary/aromatic N) is 1. The summed E-state index contributed by atoms with van der Waals surface area (Å²) in [5.74, 6) is 1.29. The van der Waals surface area contributed by atoms with Gasteiger partial charge in [0.05, 0.1) is 11.1 Å². The highest BCUT2D eigenvalue weighted by Gasteiger charge is 2.08. The normalized spacial score (nSPS) is 11.6. The van der Waals surface area contributed by atoms with E-state index in [2.05, 4.69) is 4.98 Å². The summed E-state index contributed by atoms with van der Waals surface area (Å²) >= 11 is 7.39. The molecule has 0 radical (unpaired) electrons. The quantitative estimate of drug-likeness (QED) is 0.803. The first kappa shape index (κ1) is 18.1. The summed E-state index contributed by atoms with van der Waals surface area (Å²) in [6, 6.07) is 11.1. The van der Waals surface area contributed by atoms with E-state index in [1.165, 1.54) is 11.8 Å². The second-order valence-corrected chi connectivity index (χ2v) is 5.83. The first-order valence-electron chi connectivity index (χ1n) is 6.26. The van der Waals surface area contributed by atoms with Gasteiger partial charge in [-0.2, -0.15) is 0 Å². The smallest absolute Gasteiger partial charge is 0.122 e. The minimum atomic E-state index is -0.544. The Morgan fingerprint density at radius 2 is 2.14 bits per heavy atom. The van der Waals surface area contributed by atoms with Gasteiger partial charge in [-0.05, 0) is 42.8 Å². The average Bonchev–Trinajstić information content (AvgIpc) is 2.45. The van der Waals surface area contributed by atoms with Gasteiger partial charge in [0.1, 0.15) is 12.4 Å². The molecule has 0 aliphatic heterocycles. The van der Waals surface area contributed by atoms with Gasteiger partial charge in [-0.3, -0.25) is 0 Å². The van der Waals surface area contributed by atoms with E-state index < -0.39 is 6.10 Å². The number of pyridine rings is 1. The largest absolute Gasteiger partial charge is 0.491 e. The molecular weight excluding hydrogens is 329 g/mol. The molecule has 2 aromatic rings. The molecule has 6 heteroatoms. The summed E-state index contributed by atoms with van der Waals surface area (Å²) in [7, 11) is 0. The van der Waals surface area contributed by atoms with E-state index in [1.54, 1.807) is 12.3 Å². The van der Waals surface area contributed by atoms with Gasteiger partial charge < -0.3 is 9.84 Å². The molecule has 1 unspecified atom stereocenters. The Morgan fingerprint density at radius 3 is 2.81 bits per heavy atom. The molecule has 1 heterocycles. The van der Waals surface area contributed by atoms with Crippen LogP contribution in [0.4, 0.5) is 0 Å². The van der Waals surface area contributed by atoms with Crippen molar-refractivity contribution in [1.29, 1.82) is 0 Å². The number of hydrogen-bond acceptors (Lipinski definition) is 4. The SMILES string of the molecule is Cc1cc(Cl)ccc1OCC(O)CSc1ccccn1.Cl. The van der Waals surface area contributed by atoms with Gasteiger partial charge in [-0.1, -0.05) is 17.7 Å². The molecular formula is C15H17Cl2NO2S. The molecule has 0 saturated heterocycles. The zero-order chi connectivity index (χ0) is 14.4. The van der Waals surface area contributed by atoms with Gasteiger partial charge in [0.15, 0.2) is 0 Å². The fourth-order valence-corrected chi connectivity index (χ4v) is 2.62. The lowest BCUT2D eigenvalue weighted by Crippen LogP contribution is -2.20. The number of aliphatic hydroxyl groups excluding tert-OH is 1. The Bertz CT molecular complexity index is 555. The van der Waals surface area contributed by atoms with Gasteiger partial charge in [0.25, 0.3) is 0 Å². The first-order valence-corrected chi connectivity index (χ1v) is 7.62. The second kappa shape index (κ2) is 9.15. The van der Waals surface area contributed by atoms with Crippen molar-refractivity contribution in [2.24, 2.45) is 0 Å². The molecule has 0 fully saturated rings. The first-order chi connectivity index (χ1) is 9.65. The molecule has 114 valence electrons. The lowest BCUT2D eigenvalue weighted by atomic mass is 10.2. The van der Waals surface area contributed by atoms with Gasteiger partial charge in [-0.15, -0.1) is 24.2 Å². The Morgan fingerprint density at radius 1 is 1.33 bits per heavy atom. The molecule has 0 aliphatic rings. The predicted molar refractivity (Wildman–Crippen MR) is 89.9 cm³/mol. The van der Waals surface area contributed by atoms with Gasteiger partial charge >= 0.3 is 0 Å². The van der Waals surface area contributed by atoms with E-state index in [-0.39, 0.29) is 19.0 Å². The monoisotopic (exact) mass is 345 g/mol. The molecule has 0 aliphatic carbocycles. The van der Waals surface area contributed by atoms with Crippen LogP contribution in [0.15, 0.2) is 47.6 Å². The summed E-state index contributed by atoms with van der Waals surface area (Å²) in [6.07, 6.45) is 1.19. The lowest BCUT2D eigenvalue weighted by Gasteiger charge is -2.13. The topological polar surface area (TPSA) is 42.4 Å². The fraction of sp³-hybridized carbons (Fsp3) is 0.267. The van der Waals surface area contributed by atoms with E-state index in [0.717, 1.165) is 16.3 Å². The number of halogens is 2. The third-order valence-electron chi connectivity index (χ3n) is 2.63. The number of aromatic nitrogens is 1. The molecule has 1 atom stereocenters. The van der Waals surface area contributed by atoms with Crippen LogP contribution in [0.5, 0.6) is 5.75 Å². The average molecular weight is 346 g/mol. The molecule has 0 bridgehead atoms. The number of ether oxygens (including phenoxy) is 1. The Hall–Kier alpha value is -0.940. The molecule has 0 amide bonds. The van der Waals surface area contributed by atoms with Gasteiger partial charge in [-0.25, -0.2) is 4.98 Å². The van der Waals surface area contributed by atoms with E-state index in [0.29, 0.717) is 10.8 Å². The molecule has 3 nitrogen and oxygen atoms in total. The summed E-state index contributed by atoms with van der Waals surface area (Å²) in [5.41, 5.74) is 0.960. The van der Waals surface area contributed by atoms with E-state index in [1.807, 2.05) is 37.3 Å². The lowest BCUT2D eigenvalue weighted by molar-refractivity contribution is 0.126. The highest BCUT2D eigenvalue weighted by molar-refractivity contribution is 7.99. The van der Waals surface area contributed by atoms with Crippen molar-refractivity contribution in [3.63, 3.8) is 0 Å². The van der Waals surface area contributed by atoms with Gasteiger partial charge in [0, 0.05) is 17.0 Å². The van der Waals surface area contributed by atoms with E-state index >= 15 is 0 Å². The molecule has 0 spiro atoms. The maximum absolute atomic E-state index is 9.92. The van der Waals surface area contributed by atoms with Crippen molar-refractivity contribution >= 4 is 35.8 Å². The van der Waals surface area contributed by atoms with Crippen LogP contribution >= 0.6 is 35.8 Å². The van der Waals surface area contributed by atoms with Crippen LogP contribution in [0.3, 0.4) is 0 Å². The van der Waals surface area contributed by atoms with Crippen molar-refractivity contribution in [2.45, 2.75) is 18.1 Å².